The largest absolute Gasteiger partial charge is 0.389 e. The number of nitrogens with one attached hydrogen (secondary N) is 1. The van der Waals surface area contributed by atoms with Gasteiger partial charge in [-0.05, 0) is 52.9 Å². The molecule has 0 aromatic heterocycles. The summed E-state index contributed by atoms with van der Waals surface area (Å²) in [5, 5.41) is 3.63. The third kappa shape index (κ3) is 3.23. The molecule has 4 heteroatoms. The molecule has 0 spiro atoms. The van der Waals surface area contributed by atoms with E-state index in [1.54, 1.807) is 0 Å². The third-order valence-electron chi connectivity index (χ3n) is 3.71. The van der Waals surface area contributed by atoms with Crippen LogP contribution in [0.25, 0.3) is 0 Å². The van der Waals surface area contributed by atoms with Crippen molar-refractivity contribution in [3.05, 3.63) is 28.2 Å². The van der Waals surface area contributed by atoms with Crippen LogP contribution in [0.4, 0.5) is 5.69 Å². The first-order valence-electron chi connectivity index (χ1n) is 6.44. The predicted octanol–water partition coefficient (Wildman–Crippen LogP) is 4.07. The Balaban J connectivity index is 2.11. The van der Waals surface area contributed by atoms with Crippen LogP contribution >= 0.6 is 28.1 Å². The summed E-state index contributed by atoms with van der Waals surface area (Å²) < 4.78 is 1.03. The second-order valence-corrected chi connectivity index (χ2v) is 6.37. The molecule has 2 atom stereocenters. The second kappa shape index (κ2) is 6.02. The van der Waals surface area contributed by atoms with Crippen LogP contribution in [0.1, 0.15) is 38.2 Å². The molecule has 1 saturated carbocycles. The lowest BCUT2D eigenvalue weighted by atomic mass is 9.86. The van der Waals surface area contributed by atoms with Crippen molar-refractivity contribution >= 4 is 38.8 Å². The maximum atomic E-state index is 5.63. The van der Waals surface area contributed by atoms with E-state index in [-0.39, 0.29) is 0 Å². The van der Waals surface area contributed by atoms with Crippen molar-refractivity contribution in [1.29, 1.82) is 0 Å². The number of anilines is 1. The number of nitrogens with two attached hydrogens (primary N) is 1. The molecule has 3 N–H and O–H groups in total. The minimum atomic E-state index is 0.438. The lowest BCUT2D eigenvalue weighted by Gasteiger charge is -2.30. The van der Waals surface area contributed by atoms with E-state index in [0.717, 1.165) is 21.6 Å². The minimum Gasteiger partial charge on any atom is -0.389 e. The van der Waals surface area contributed by atoms with Crippen molar-refractivity contribution in [2.24, 2.45) is 11.7 Å². The van der Waals surface area contributed by atoms with E-state index in [1.807, 2.05) is 12.1 Å². The van der Waals surface area contributed by atoms with Gasteiger partial charge in [-0.25, -0.2) is 0 Å². The normalized spacial score (nSPS) is 23.7. The van der Waals surface area contributed by atoms with Gasteiger partial charge in [0.25, 0.3) is 0 Å². The van der Waals surface area contributed by atoms with Gasteiger partial charge in [-0.15, -0.1) is 0 Å². The molecule has 1 aliphatic rings. The molecule has 1 aromatic carbocycles. The molecule has 0 radical (unpaired) electrons. The van der Waals surface area contributed by atoms with Crippen molar-refractivity contribution in [2.75, 3.05) is 5.32 Å². The molecule has 18 heavy (non-hydrogen) atoms. The Morgan fingerprint density at radius 3 is 2.72 bits per heavy atom. The SMILES string of the molecule is CC1CCCCC1Nc1ccc(C(N)=S)cc1Br. The zero-order valence-corrected chi connectivity index (χ0v) is 13.0. The van der Waals surface area contributed by atoms with Gasteiger partial charge in [0.15, 0.2) is 0 Å². The highest BCUT2D eigenvalue weighted by atomic mass is 79.9. The molecule has 98 valence electrons. The van der Waals surface area contributed by atoms with Crippen molar-refractivity contribution in [1.82, 2.24) is 0 Å². The lowest BCUT2D eigenvalue weighted by Crippen LogP contribution is -2.30. The molecule has 2 rings (SSSR count). The molecular weight excluding hydrogens is 308 g/mol. The zero-order chi connectivity index (χ0) is 13.1. The zero-order valence-electron chi connectivity index (χ0n) is 10.6. The van der Waals surface area contributed by atoms with E-state index in [0.29, 0.717) is 11.0 Å². The molecule has 1 aliphatic carbocycles. The molecule has 0 aliphatic heterocycles. The van der Waals surface area contributed by atoms with Gasteiger partial charge in [0.1, 0.15) is 4.99 Å². The highest BCUT2D eigenvalue weighted by Gasteiger charge is 2.21. The van der Waals surface area contributed by atoms with Crippen LogP contribution in [0.2, 0.25) is 0 Å². The smallest absolute Gasteiger partial charge is 0.104 e. The number of hydrogen-bond acceptors (Lipinski definition) is 2. The Morgan fingerprint density at radius 1 is 1.39 bits per heavy atom. The fourth-order valence-corrected chi connectivity index (χ4v) is 3.14. The number of benzene rings is 1. The Morgan fingerprint density at radius 2 is 2.11 bits per heavy atom. The Labute approximate surface area is 122 Å². The highest BCUT2D eigenvalue weighted by Crippen LogP contribution is 2.30. The lowest BCUT2D eigenvalue weighted by molar-refractivity contribution is 0.349. The first-order chi connectivity index (χ1) is 8.58. The van der Waals surface area contributed by atoms with E-state index in [2.05, 4.69) is 34.2 Å². The second-order valence-electron chi connectivity index (χ2n) is 5.07. The van der Waals surface area contributed by atoms with Crippen LogP contribution in [-0.4, -0.2) is 11.0 Å². The monoisotopic (exact) mass is 326 g/mol. The van der Waals surface area contributed by atoms with Gasteiger partial charge in [0, 0.05) is 21.8 Å². The summed E-state index contributed by atoms with van der Waals surface area (Å²) >= 11 is 8.57. The van der Waals surface area contributed by atoms with Crippen LogP contribution in [0.15, 0.2) is 22.7 Å². The fraction of sp³-hybridized carbons (Fsp3) is 0.500. The quantitative estimate of drug-likeness (QED) is 0.822. The summed E-state index contributed by atoms with van der Waals surface area (Å²) in [6.45, 7) is 2.33. The van der Waals surface area contributed by atoms with Crippen molar-refractivity contribution in [3.8, 4) is 0 Å². The molecule has 0 saturated heterocycles. The summed E-state index contributed by atoms with van der Waals surface area (Å²) in [4.78, 5) is 0.438. The van der Waals surface area contributed by atoms with Gasteiger partial charge < -0.3 is 11.1 Å². The topological polar surface area (TPSA) is 38.0 Å². The molecule has 0 amide bonds. The van der Waals surface area contributed by atoms with Gasteiger partial charge in [0.2, 0.25) is 0 Å². The van der Waals surface area contributed by atoms with Gasteiger partial charge in [0.05, 0.1) is 0 Å². The van der Waals surface area contributed by atoms with E-state index < -0.39 is 0 Å². The first kappa shape index (κ1) is 13.8. The standard InChI is InChI=1S/C14H19BrN2S/c1-9-4-2-3-5-12(9)17-13-7-6-10(14(16)18)8-11(13)15/h6-9,12,17H,2-5H2,1H3,(H2,16,18). The summed E-state index contributed by atoms with van der Waals surface area (Å²) in [5.41, 5.74) is 7.66. The molecule has 0 heterocycles. The van der Waals surface area contributed by atoms with Crippen molar-refractivity contribution in [3.63, 3.8) is 0 Å². The number of rotatable bonds is 3. The predicted molar refractivity (Wildman–Crippen MR) is 85.1 cm³/mol. The Bertz CT molecular complexity index is 447. The molecule has 1 fully saturated rings. The van der Waals surface area contributed by atoms with Gasteiger partial charge in [-0.1, -0.05) is 32.0 Å². The van der Waals surface area contributed by atoms with Crippen LogP contribution in [0.5, 0.6) is 0 Å². The Hall–Kier alpha value is -0.610. The van der Waals surface area contributed by atoms with E-state index in [4.69, 9.17) is 18.0 Å². The van der Waals surface area contributed by atoms with Crippen LogP contribution < -0.4 is 11.1 Å². The summed E-state index contributed by atoms with van der Waals surface area (Å²) in [6, 6.07) is 6.59. The molecular formula is C14H19BrN2S. The van der Waals surface area contributed by atoms with Gasteiger partial charge in [-0.2, -0.15) is 0 Å². The summed E-state index contributed by atoms with van der Waals surface area (Å²) in [6.07, 6.45) is 5.26. The van der Waals surface area contributed by atoms with Crippen LogP contribution in [0, 0.1) is 5.92 Å². The number of thiocarbonyl (C=S) groups is 1. The van der Waals surface area contributed by atoms with Crippen LogP contribution in [-0.2, 0) is 0 Å². The van der Waals surface area contributed by atoms with Crippen molar-refractivity contribution in [2.45, 2.75) is 38.6 Å². The summed E-state index contributed by atoms with van der Waals surface area (Å²) in [7, 11) is 0. The molecule has 0 bridgehead atoms. The third-order valence-corrected chi connectivity index (χ3v) is 4.60. The average molecular weight is 327 g/mol. The fourth-order valence-electron chi connectivity index (χ4n) is 2.52. The van der Waals surface area contributed by atoms with E-state index >= 15 is 0 Å². The first-order valence-corrected chi connectivity index (χ1v) is 7.64. The van der Waals surface area contributed by atoms with Gasteiger partial charge in [-0.3, -0.25) is 0 Å². The Kier molecular flexibility index (Phi) is 4.62. The maximum Gasteiger partial charge on any atom is 0.104 e. The van der Waals surface area contributed by atoms with E-state index in [9.17, 15) is 0 Å². The van der Waals surface area contributed by atoms with Crippen LogP contribution in [0.3, 0.4) is 0 Å². The average Bonchev–Trinajstić information content (AvgIpc) is 2.34. The molecule has 1 aromatic rings. The van der Waals surface area contributed by atoms with Gasteiger partial charge >= 0.3 is 0 Å². The highest BCUT2D eigenvalue weighted by molar-refractivity contribution is 9.10. The molecule has 2 nitrogen and oxygen atoms in total. The summed E-state index contributed by atoms with van der Waals surface area (Å²) in [5.74, 6) is 0.737. The number of halogens is 1. The van der Waals surface area contributed by atoms with Crippen molar-refractivity contribution < 1.29 is 0 Å². The van der Waals surface area contributed by atoms with E-state index in [1.165, 1.54) is 25.7 Å². The number of hydrogen-bond donors (Lipinski definition) is 2. The minimum absolute atomic E-state index is 0.438. The molecule has 2 unspecified atom stereocenters. The maximum absolute atomic E-state index is 5.63.